The molecule has 8 rings (SSSR count). The highest BCUT2D eigenvalue weighted by Gasteiger charge is 2.43. The maximum atomic E-state index is 4.57. The number of fused-ring (bicyclic) bond motifs is 9. The number of hydrogen-bond acceptors (Lipinski definition) is 1. The van der Waals surface area contributed by atoms with Gasteiger partial charge in [-0.1, -0.05) is 82.8 Å². The van der Waals surface area contributed by atoms with E-state index in [-0.39, 0.29) is 20.9 Å². The second kappa shape index (κ2) is 6.90. The molecule has 0 aromatic heterocycles. The van der Waals surface area contributed by atoms with Crippen molar-refractivity contribution in [2.45, 2.75) is 50.3 Å². The third-order valence-corrected chi connectivity index (χ3v) is 11.2. The smallest absolute Gasteiger partial charge is 0.0159 e. The number of hydrogen-bond donors (Lipinski definition) is 0. The minimum Gasteiger partial charge on any atom is -0.448 e. The van der Waals surface area contributed by atoms with Gasteiger partial charge in [0.05, 0.1) is 0 Å². The average molecular weight is 508 g/mol. The molecule has 0 unspecified atom stereocenters. The van der Waals surface area contributed by atoms with Crippen molar-refractivity contribution in [3.05, 3.63) is 106 Å². The Balaban J connectivity index is 1.50. The molecule has 0 atom stereocenters. The Morgan fingerprint density at radius 3 is 2.05 bits per heavy atom. The Hall–Kier alpha value is -3.55. The Labute approximate surface area is 227 Å². The summed E-state index contributed by atoms with van der Waals surface area (Å²) in [6.45, 7) is 16.0. The monoisotopic (exact) mass is 507 g/mol. The summed E-state index contributed by atoms with van der Waals surface area (Å²) in [6, 6.07) is 23.5. The molecule has 5 aromatic carbocycles. The molecule has 1 heteroatoms. The van der Waals surface area contributed by atoms with Crippen LogP contribution in [0.15, 0.2) is 72.1 Å². The fraction of sp³-hybridized carbons (Fsp3) is 0.189. The van der Waals surface area contributed by atoms with E-state index in [4.69, 9.17) is 0 Å². The SMILES string of the molecule is C=Cc1ccc2cc3c(c4c2c1[S-](=C)=C4)-c1cc2c(cc1C3(C)C)-c1c(cc(C)c3ccccc13)C2(C)C. The minimum absolute atomic E-state index is 0.0555. The third kappa shape index (κ3) is 2.45. The highest BCUT2D eigenvalue weighted by Crippen LogP contribution is 2.59. The topological polar surface area (TPSA) is 0 Å². The molecule has 0 amide bonds. The lowest BCUT2D eigenvalue weighted by Gasteiger charge is -2.24. The zero-order chi connectivity index (χ0) is 26.3. The summed E-state index contributed by atoms with van der Waals surface area (Å²) >= 11 is 0. The van der Waals surface area contributed by atoms with Crippen molar-refractivity contribution in [3.8, 4) is 22.3 Å². The van der Waals surface area contributed by atoms with Crippen LogP contribution in [0.5, 0.6) is 0 Å². The normalized spacial score (nSPS) is 17.3. The maximum Gasteiger partial charge on any atom is 0.0159 e. The highest BCUT2D eigenvalue weighted by atomic mass is 32.2. The van der Waals surface area contributed by atoms with E-state index in [1.54, 1.807) is 0 Å². The minimum atomic E-state index is -0.173. The third-order valence-electron chi connectivity index (χ3n) is 9.71. The average Bonchev–Trinajstić information content (AvgIpc) is 3.44. The molecule has 3 aliphatic rings. The molecule has 0 fully saturated rings. The van der Waals surface area contributed by atoms with Crippen LogP contribution >= 0.6 is 0 Å². The van der Waals surface area contributed by atoms with Crippen LogP contribution in [0, 0.1) is 6.92 Å². The lowest BCUT2D eigenvalue weighted by Crippen LogP contribution is -2.17. The van der Waals surface area contributed by atoms with Crippen molar-refractivity contribution in [2.75, 3.05) is 0 Å². The van der Waals surface area contributed by atoms with E-state index < -0.39 is 0 Å². The van der Waals surface area contributed by atoms with E-state index >= 15 is 0 Å². The van der Waals surface area contributed by atoms with Gasteiger partial charge in [-0.05, 0) is 108 Å². The molecular weight excluding hydrogens is 476 g/mol. The molecule has 186 valence electrons. The molecule has 38 heavy (non-hydrogen) atoms. The summed E-state index contributed by atoms with van der Waals surface area (Å²) < 4.78 is 0. The largest absolute Gasteiger partial charge is 0.448 e. The molecule has 0 saturated heterocycles. The van der Waals surface area contributed by atoms with Crippen LogP contribution in [0.1, 0.15) is 66.6 Å². The van der Waals surface area contributed by atoms with Crippen molar-refractivity contribution in [1.29, 1.82) is 0 Å². The molecule has 0 radical (unpaired) electrons. The summed E-state index contributed by atoms with van der Waals surface area (Å²) in [5.74, 6) is 4.57. The second-order valence-electron chi connectivity index (χ2n) is 12.4. The van der Waals surface area contributed by atoms with E-state index in [0.717, 1.165) is 0 Å². The molecule has 2 aliphatic carbocycles. The highest BCUT2D eigenvalue weighted by molar-refractivity contribution is 7.93. The second-order valence-corrected chi connectivity index (χ2v) is 13.9. The summed E-state index contributed by atoms with van der Waals surface area (Å²) in [5, 5.41) is 7.88. The van der Waals surface area contributed by atoms with Crippen LogP contribution in [-0.4, -0.2) is 11.2 Å². The van der Waals surface area contributed by atoms with Crippen molar-refractivity contribution in [3.63, 3.8) is 0 Å². The van der Waals surface area contributed by atoms with Crippen LogP contribution in [-0.2, 0) is 20.9 Å². The number of aryl methyl sites for hydroxylation is 1. The first-order valence-electron chi connectivity index (χ1n) is 13.5. The zero-order valence-corrected chi connectivity index (χ0v) is 23.6. The van der Waals surface area contributed by atoms with Gasteiger partial charge in [-0.2, -0.15) is 5.37 Å². The molecule has 0 N–H and O–H groups in total. The number of rotatable bonds is 1. The van der Waals surface area contributed by atoms with Crippen LogP contribution in [0.2, 0.25) is 0 Å². The number of benzene rings is 5. The standard InChI is InChI=1S/C37H31S/c1-8-21-13-14-22-16-31-34(27-19-38(7)35(21)32(22)27)26-18-28-25(17-29(26)37(31,5)6)33-24-12-10-9-11-23(24)20(2)15-30(33)36(28,3)4/h8-19H,1,7H2,2-6H3/q-1. The van der Waals surface area contributed by atoms with E-state index in [1.807, 2.05) is 6.08 Å². The molecule has 0 saturated carbocycles. The van der Waals surface area contributed by atoms with Crippen molar-refractivity contribution in [1.82, 2.24) is 0 Å². The Morgan fingerprint density at radius 1 is 0.737 bits per heavy atom. The first kappa shape index (κ1) is 22.4. The van der Waals surface area contributed by atoms with Crippen molar-refractivity contribution < 1.29 is 0 Å². The summed E-state index contributed by atoms with van der Waals surface area (Å²) in [5.41, 5.74) is 15.3. The maximum absolute atomic E-state index is 4.57. The first-order valence-corrected chi connectivity index (χ1v) is 15.0. The first-order chi connectivity index (χ1) is 18.1. The van der Waals surface area contributed by atoms with Gasteiger partial charge >= 0.3 is 0 Å². The molecule has 1 aliphatic heterocycles. The van der Waals surface area contributed by atoms with Crippen LogP contribution < -0.4 is 0 Å². The Morgan fingerprint density at radius 2 is 1.37 bits per heavy atom. The molecule has 0 spiro atoms. The summed E-state index contributed by atoms with van der Waals surface area (Å²) in [4.78, 5) is 1.36. The van der Waals surface area contributed by atoms with Gasteiger partial charge in [-0.15, -0.1) is 4.90 Å². The quantitative estimate of drug-likeness (QED) is 0.154. The molecule has 0 bridgehead atoms. The molecular formula is C37H31S-. The fourth-order valence-electron chi connectivity index (χ4n) is 7.73. The lowest BCUT2D eigenvalue weighted by atomic mass is 9.79. The van der Waals surface area contributed by atoms with E-state index in [1.165, 1.54) is 87.6 Å². The predicted molar refractivity (Wildman–Crippen MR) is 169 cm³/mol. The molecule has 1 heterocycles. The van der Waals surface area contributed by atoms with Crippen molar-refractivity contribution >= 4 is 48.9 Å². The van der Waals surface area contributed by atoms with Crippen LogP contribution in [0.4, 0.5) is 0 Å². The van der Waals surface area contributed by atoms with Gasteiger partial charge in [0, 0.05) is 10.8 Å². The Kier molecular flexibility index (Phi) is 4.07. The van der Waals surface area contributed by atoms with Gasteiger partial charge in [0.1, 0.15) is 0 Å². The van der Waals surface area contributed by atoms with E-state index in [2.05, 4.69) is 113 Å². The van der Waals surface area contributed by atoms with Gasteiger partial charge < -0.3 is 10.1 Å². The van der Waals surface area contributed by atoms with Crippen LogP contribution in [0.3, 0.4) is 0 Å². The van der Waals surface area contributed by atoms with Crippen LogP contribution in [0.25, 0.3) is 49.9 Å². The van der Waals surface area contributed by atoms with Gasteiger partial charge in [0.15, 0.2) is 0 Å². The van der Waals surface area contributed by atoms with Gasteiger partial charge in [-0.25, -0.2) is 5.87 Å². The van der Waals surface area contributed by atoms with Crippen molar-refractivity contribution in [2.24, 2.45) is 0 Å². The summed E-state index contributed by atoms with van der Waals surface area (Å²) in [7, 11) is -0.173. The zero-order valence-electron chi connectivity index (χ0n) is 22.8. The molecule has 5 aromatic rings. The Bertz CT molecular complexity index is 2060. The molecule has 0 nitrogen and oxygen atoms in total. The van der Waals surface area contributed by atoms with Gasteiger partial charge in [0.25, 0.3) is 0 Å². The van der Waals surface area contributed by atoms with Gasteiger partial charge in [-0.3, -0.25) is 0 Å². The lowest BCUT2D eigenvalue weighted by molar-refractivity contribution is 0.652. The summed E-state index contributed by atoms with van der Waals surface area (Å²) in [6.07, 6.45) is 1.99. The van der Waals surface area contributed by atoms with Gasteiger partial charge in [0.2, 0.25) is 0 Å². The van der Waals surface area contributed by atoms with E-state index in [9.17, 15) is 0 Å². The predicted octanol–water partition coefficient (Wildman–Crippen LogP) is 9.13. The fourth-order valence-corrected chi connectivity index (χ4v) is 9.31. The van der Waals surface area contributed by atoms with E-state index in [0.29, 0.717) is 0 Å².